The van der Waals surface area contributed by atoms with Crippen LogP contribution < -0.4 is 10.6 Å². The third-order valence-electron chi connectivity index (χ3n) is 3.33. The summed E-state index contributed by atoms with van der Waals surface area (Å²) in [7, 11) is 0. The molecule has 82 valence electrons. The van der Waals surface area contributed by atoms with Crippen LogP contribution in [0, 0.1) is 5.92 Å². The van der Waals surface area contributed by atoms with E-state index in [1.807, 2.05) is 12.1 Å². The first-order valence-corrected chi connectivity index (χ1v) is 5.90. The van der Waals surface area contributed by atoms with Crippen molar-refractivity contribution in [2.45, 2.75) is 26.2 Å². The van der Waals surface area contributed by atoms with Gasteiger partial charge < -0.3 is 10.6 Å². The number of benzene rings is 1. The van der Waals surface area contributed by atoms with E-state index in [1.165, 1.54) is 38.0 Å². The quantitative estimate of drug-likeness (QED) is 0.750. The molecular formula is C13H20N2. The van der Waals surface area contributed by atoms with Crippen molar-refractivity contribution >= 4 is 11.4 Å². The molecule has 1 saturated heterocycles. The number of piperidine rings is 1. The summed E-state index contributed by atoms with van der Waals surface area (Å²) in [5, 5.41) is 0. The lowest BCUT2D eigenvalue weighted by atomic mass is 9.95. The van der Waals surface area contributed by atoms with Crippen LogP contribution in [-0.2, 0) is 0 Å². The number of rotatable bonds is 2. The fraction of sp³-hybridized carbons (Fsp3) is 0.538. The van der Waals surface area contributed by atoms with Gasteiger partial charge in [0, 0.05) is 24.5 Å². The first kappa shape index (κ1) is 10.3. The molecule has 1 heterocycles. The molecule has 1 fully saturated rings. The first-order valence-electron chi connectivity index (χ1n) is 5.90. The molecule has 1 atom stereocenters. The van der Waals surface area contributed by atoms with E-state index in [0.717, 1.165) is 11.6 Å². The maximum atomic E-state index is 5.81. The van der Waals surface area contributed by atoms with Gasteiger partial charge in [-0.1, -0.05) is 19.4 Å². The number of anilines is 2. The Kier molecular flexibility index (Phi) is 3.14. The summed E-state index contributed by atoms with van der Waals surface area (Å²) in [6, 6.07) is 8.23. The summed E-state index contributed by atoms with van der Waals surface area (Å²) in [5.41, 5.74) is 7.96. The van der Waals surface area contributed by atoms with Crippen molar-refractivity contribution in [2.75, 3.05) is 23.7 Å². The van der Waals surface area contributed by atoms with Crippen molar-refractivity contribution in [3.63, 3.8) is 0 Å². The molecular weight excluding hydrogens is 184 g/mol. The predicted octanol–water partition coefficient (Wildman–Crippen LogP) is 2.90. The molecule has 2 nitrogen and oxygen atoms in total. The maximum absolute atomic E-state index is 5.81. The van der Waals surface area contributed by atoms with Crippen LogP contribution in [0.3, 0.4) is 0 Å². The third-order valence-corrected chi connectivity index (χ3v) is 3.33. The van der Waals surface area contributed by atoms with Crippen molar-refractivity contribution in [3.05, 3.63) is 24.3 Å². The molecule has 1 aliphatic rings. The second kappa shape index (κ2) is 4.56. The van der Waals surface area contributed by atoms with Crippen LogP contribution in [0.25, 0.3) is 0 Å². The first-order chi connectivity index (χ1) is 7.29. The molecule has 1 aromatic rings. The Labute approximate surface area is 92.1 Å². The van der Waals surface area contributed by atoms with Crippen LogP contribution in [0.5, 0.6) is 0 Å². The van der Waals surface area contributed by atoms with Crippen molar-refractivity contribution in [1.29, 1.82) is 0 Å². The molecule has 0 saturated carbocycles. The normalized spacial score (nSPS) is 21.7. The van der Waals surface area contributed by atoms with Gasteiger partial charge in [-0.25, -0.2) is 0 Å². The number of nitrogens with zero attached hydrogens (tertiary/aromatic N) is 1. The molecule has 0 aliphatic carbocycles. The van der Waals surface area contributed by atoms with E-state index in [-0.39, 0.29) is 0 Å². The van der Waals surface area contributed by atoms with E-state index in [2.05, 4.69) is 24.0 Å². The molecule has 1 aliphatic heterocycles. The van der Waals surface area contributed by atoms with Crippen molar-refractivity contribution in [3.8, 4) is 0 Å². The lowest BCUT2D eigenvalue weighted by molar-refractivity contribution is 0.405. The maximum Gasteiger partial charge on any atom is 0.0386 e. The Morgan fingerprint density at radius 1 is 1.47 bits per heavy atom. The molecule has 2 rings (SSSR count). The van der Waals surface area contributed by atoms with Gasteiger partial charge in [0.2, 0.25) is 0 Å². The van der Waals surface area contributed by atoms with Gasteiger partial charge in [0.25, 0.3) is 0 Å². The molecule has 2 heteroatoms. The highest BCUT2D eigenvalue weighted by Crippen LogP contribution is 2.25. The van der Waals surface area contributed by atoms with Gasteiger partial charge in [-0.05, 0) is 37.0 Å². The molecule has 0 aromatic heterocycles. The van der Waals surface area contributed by atoms with Gasteiger partial charge in [-0.3, -0.25) is 0 Å². The van der Waals surface area contributed by atoms with Crippen molar-refractivity contribution < 1.29 is 0 Å². The molecule has 0 bridgehead atoms. The number of nitrogens with two attached hydrogens (primary N) is 1. The van der Waals surface area contributed by atoms with Gasteiger partial charge in [0.15, 0.2) is 0 Å². The molecule has 0 radical (unpaired) electrons. The second-order valence-electron chi connectivity index (χ2n) is 4.46. The minimum Gasteiger partial charge on any atom is -0.399 e. The van der Waals surface area contributed by atoms with E-state index in [1.54, 1.807) is 0 Å². The smallest absolute Gasteiger partial charge is 0.0386 e. The second-order valence-corrected chi connectivity index (χ2v) is 4.46. The highest BCUT2D eigenvalue weighted by molar-refractivity contribution is 5.56. The topological polar surface area (TPSA) is 29.3 Å². The number of hydrogen-bond acceptors (Lipinski definition) is 2. The highest BCUT2D eigenvalue weighted by Gasteiger charge is 2.18. The average molecular weight is 204 g/mol. The van der Waals surface area contributed by atoms with Crippen LogP contribution in [0.15, 0.2) is 24.3 Å². The summed E-state index contributed by atoms with van der Waals surface area (Å²) >= 11 is 0. The van der Waals surface area contributed by atoms with E-state index in [9.17, 15) is 0 Å². The SMILES string of the molecule is CCC1CCCN(c2cccc(N)c2)C1. The fourth-order valence-electron chi connectivity index (χ4n) is 2.35. The Morgan fingerprint density at radius 2 is 2.33 bits per heavy atom. The lowest BCUT2D eigenvalue weighted by Crippen LogP contribution is -2.35. The molecule has 2 N–H and O–H groups in total. The Bertz CT molecular complexity index is 322. The monoisotopic (exact) mass is 204 g/mol. The van der Waals surface area contributed by atoms with Crippen LogP contribution in [0.1, 0.15) is 26.2 Å². The van der Waals surface area contributed by atoms with Crippen molar-refractivity contribution in [2.24, 2.45) is 5.92 Å². The van der Waals surface area contributed by atoms with E-state index in [0.29, 0.717) is 0 Å². The zero-order chi connectivity index (χ0) is 10.7. The fourth-order valence-corrected chi connectivity index (χ4v) is 2.35. The highest BCUT2D eigenvalue weighted by atomic mass is 15.1. The molecule has 1 unspecified atom stereocenters. The largest absolute Gasteiger partial charge is 0.399 e. The van der Waals surface area contributed by atoms with Gasteiger partial charge >= 0.3 is 0 Å². The number of hydrogen-bond donors (Lipinski definition) is 1. The summed E-state index contributed by atoms with van der Waals surface area (Å²) in [6.45, 7) is 4.66. The molecule has 1 aromatic carbocycles. The van der Waals surface area contributed by atoms with Crippen LogP contribution >= 0.6 is 0 Å². The Hall–Kier alpha value is -1.18. The Balaban J connectivity index is 2.09. The third kappa shape index (κ3) is 2.44. The van der Waals surface area contributed by atoms with Crippen LogP contribution in [0.4, 0.5) is 11.4 Å². The zero-order valence-corrected chi connectivity index (χ0v) is 9.45. The summed E-state index contributed by atoms with van der Waals surface area (Å²) < 4.78 is 0. The van der Waals surface area contributed by atoms with E-state index >= 15 is 0 Å². The van der Waals surface area contributed by atoms with Crippen LogP contribution in [0.2, 0.25) is 0 Å². The minimum absolute atomic E-state index is 0.861. The summed E-state index contributed by atoms with van der Waals surface area (Å²) in [5.74, 6) is 0.861. The zero-order valence-electron chi connectivity index (χ0n) is 9.45. The van der Waals surface area contributed by atoms with Crippen LogP contribution in [-0.4, -0.2) is 13.1 Å². The predicted molar refractivity (Wildman–Crippen MR) is 66.1 cm³/mol. The molecule has 0 amide bonds. The average Bonchev–Trinajstić information content (AvgIpc) is 2.29. The summed E-state index contributed by atoms with van der Waals surface area (Å²) in [6.07, 6.45) is 3.99. The van der Waals surface area contributed by atoms with E-state index in [4.69, 9.17) is 5.73 Å². The lowest BCUT2D eigenvalue weighted by Gasteiger charge is -2.34. The molecule has 15 heavy (non-hydrogen) atoms. The van der Waals surface area contributed by atoms with Crippen molar-refractivity contribution in [1.82, 2.24) is 0 Å². The summed E-state index contributed by atoms with van der Waals surface area (Å²) in [4.78, 5) is 2.47. The standard InChI is InChI=1S/C13H20N2/c1-2-11-5-4-8-15(10-11)13-7-3-6-12(14)9-13/h3,6-7,9,11H,2,4-5,8,10,14H2,1H3. The van der Waals surface area contributed by atoms with Gasteiger partial charge in [-0.15, -0.1) is 0 Å². The Morgan fingerprint density at radius 3 is 3.07 bits per heavy atom. The molecule has 0 spiro atoms. The van der Waals surface area contributed by atoms with E-state index < -0.39 is 0 Å². The number of nitrogen functional groups attached to an aromatic ring is 1. The van der Waals surface area contributed by atoms with Gasteiger partial charge in [0.1, 0.15) is 0 Å². The van der Waals surface area contributed by atoms with Gasteiger partial charge in [0.05, 0.1) is 0 Å². The minimum atomic E-state index is 0.861. The van der Waals surface area contributed by atoms with Gasteiger partial charge in [-0.2, -0.15) is 0 Å².